The second-order valence-corrected chi connectivity index (χ2v) is 8.11. The molecule has 7 nitrogen and oxygen atoms in total. The number of likely N-dealkylation sites (N-methyl/N-ethyl adjacent to an activating group) is 1. The van der Waals surface area contributed by atoms with Gasteiger partial charge in [-0.2, -0.15) is 4.98 Å². The number of anilines is 2. The second-order valence-electron chi connectivity index (χ2n) is 8.11. The maximum absolute atomic E-state index is 12.7. The molecule has 0 bridgehead atoms. The van der Waals surface area contributed by atoms with E-state index in [1.54, 1.807) is 6.07 Å². The van der Waals surface area contributed by atoms with Gasteiger partial charge in [-0.15, -0.1) is 0 Å². The molecule has 1 saturated heterocycles. The molecule has 2 fully saturated rings. The van der Waals surface area contributed by atoms with Gasteiger partial charge in [0, 0.05) is 39.3 Å². The molecule has 1 aliphatic carbocycles. The molecule has 2 heterocycles. The third kappa shape index (κ3) is 5.23. The summed E-state index contributed by atoms with van der Waals surface area (Å²) in [5, 5.41) is 12.9. The van der Waals surface area contributed by atoms with Crippen molar-refractivity contribution in [3.63, 3.8) is 0 Å². The molecule has 2 aromatic rings. The summed E-state index contributed by atoms with van der Waals surface area (Å²) < 4.78 is 0. The zero-order chi connectivity index (χ0) is 20.2. The van der Waals surface area contributed by atoms with Gasteiger partial charge in [0.1, 0.15) is 11.5 Å². The zero-order valence-electron chi connectivity index (χ0n) is 16.9. The van der Waals surface area contributed by atoms with Crippen LogP contribution < -0.4 is 15.1 Å². The first kappa shape index (κ1) is 19.6. The topological polar surface area (TPSA) is 81.6 Å². The van der Waals surface area contributed by atoms with Gasteiger partial charge in [0.2, 0.25) is 5.95 Å². The fourth-order valence-corrected chi connectivity index (χ4v) is 3.51. The van der Waals surface area contributed by atoms with E-state index >= 15 is 0 Å². The largest absolute Gasteiger partial charge is 0.391 e. The third-order valence-corrected chi connectivity index (χ3v) is 5.59. The van der Waals surface area contributed by atoms with Crippen molar-refractivity contribution in [2.24, 2.45) is 5.92 Å². The number of hydrogen-bond acceptors (Lipinski definition) is 6. The number of hydrogen-bond donors (Lipinski definition) is 2. The van der Waals surface area contributed by atoms with Crippen LogP contribution in [0.3, 0.4) is 0 Å². The molecule has 1 atom stereocenters. The van der Waals surface area contributed by atoms with E-state index in [9.17, 15) is 9.90 Å². The van der Waals surface area contributed by atoms with E-state index in [1.165, 1.54) is 18.4 Å². The van der Waals surface area contributed by atoms with Crippen LogP contribution in [0.15, 0.2) is 36.4 Å². The summed E-state index contributed by atoms with van der Waals surface area (Å²) in [5.74, 6) is 1.70. The molecule has 0 radical (unpaired) electrons. The molecule has 2 aliphatic rings. The number of aliphatic hydroxyl groups is 1. The number of benzene rings is 1. The smallest absolute Gasteiger partial charge is 0.270 e. The van der Waals surface area contributed by atoms with Gasteiger partial charge in [0.25, 0.3) is 5.91 Å². The summed E-state index contributed by atoms with van der Waals surface area (Å²) >= 11 is 0. The first-order valence-corrected chi connectivity index (χ1v) is 10.4. The number of aromatic nitrogens is 2. The molecule has 29 heavy (non-hydrogen) atoms. The molecule has 4 rings (SSSR count). The monoisotopic (exact) mass is 395 g/mol. The lowest BCUT2D eigenvalue weighted by atomic mass is 10.1. The highest BCUT2D eigenvalue weighted by molar-refractivity contribution is 5.93. The summed E-state index contributed by atoms with van der Waals surface area (Å²) in [6.45, 7) is 2.72. The predicted molar refractivity (Wildman–Crippen MR) is 113 cm³/mol. The second kappa shape index (κ2) is 8.78. The number of β-amino-alcohol motifs (C(OH)–C–C–N with tert-alkyl or cyclic N) is 1. The van der Waals surface area contributed by atoms with Crippen molar-refractivity contribution in [2.75, 3.05) is 43.0 Å². The third-order valence-electron chi connectivity index (χ3n) is 5.59. The van der Waals surface area contributed by atoms with Gasteiger partial charge in [-0.25, -0.2) is 4.98 Å². The number of carbonyl (C=O) groups is 1. The van der Waals surface area contributed by atoms with Gasteiger partial charge in [-0.3, -0.25) is 4.79 Å². The van der Waals surface area contributed by atoms with Crippen LogP contribution in [0.2, 0.25) is 0 Å². The molecule has 1 aliphatic heterocycles. The molecule has 7 heteroatoms. The van der Waals surface area contributed by atoms with Crippen LogP contribution in [0.1, 0.15) is 35.3 Å². The predicted octanol–water partition coefficient (Wildman–Crippen LogP) is 1.87. The van der Waals surface area contributed by atoms with E-state index in [4.69, 9.17) is 4.98 Å². The normalized spacial score (nSPS) is 18.7. The Morgan fingerprint density at radius 3 is 2.72 bits per heavy atom. The Balaban J connectivity index is 1.51. The first-order valence-electron chi connectivity index (χ1n) is 10.4. The van der Waals surface area contributed by atoms with E-state index < -0.39 is 0 Å². The van der Waals surface area contributed by atoms with Crippen LogP contribution in [0.5, 0.6) is 0 Å². The number of amides is 1. The Morgan fingerprint density at radius 2 is 2.03 bits per heavy atom. The SMILES string of the molecule is CN(CCc1ccccc1)c1nc(C(=O)NCC2CC2)cc(N2CC[C@H](O)C2)n1. The van der Waals surface area contributed by atoms with E-state index in [1.807, 2.05) is 35.0 Å². The zero-order valence-corrected chi connectivity index (χ0v) is 16.9. The summed E-state index contributed by atoms with van der Waals surface area (Å²) in [5.41, 5.74) is 1.64. The van der Waals surface area contributed by atoms with E-state index in [0.717, 1.165) is 19.5 Å². The standard InChI is InChI=1S/C22H29N5O2/c1-26(11-9-16-5-3-2-4-6-16)22-24-19(21(29)23-14-17-7-8-17)13-20(25-22)27-12-10-18(28)15-27/h2-6,13,17-18,28H,7-12,14-15H2,1H3,(H,23,29)/t18-/m0/s1. The van der Waals surface area contributed by atoms with Crippen LogP contribution in [-0.2, 0) is 6.42 Å². The molecule has 154 valence electrons. The molecule has 0 spiro atoms. The molecule has 1 aromatic heterocycles. The number of nitrogens with one attached hydrogen (secondary N) is 1. The van der Waals surface area contributed by atoms with Crippen molar-refractivity contribution in [3.05, 3.63) is 47.7 Å². The van der Waals surface area contributed by atoms with Crippen molar-refractivity contribution >= 4 is 17.7 Å². The molecule has 0 unspecified atom stereocenters. The fourth-order valence-electron chi connectivity index (χ4n) is 3.51. The highest BCUT2D eigenvalue weighted by atomic mass is 16.3. The highest BCUT2D eigenvalue weighted by Gasteiger charge is 2.25. The van der Waals surface area contributed by atoms with E-state index in [-0.39, 0.29) is 12.0 Å². The average Bonchev–Trinajstić information content (AvgIpc) is 3.48. The molecule has 1 amide bonds. The van der Waals surface area contributed by atoms with E-state index in [0.29, 0.717) is 42.9 Å². The summed E-state index contributed by atoms with van der Waals surface area (Å²) in [6, 6.07) is 12.0. The molecule has 1 aromatic carbocycles. The number of aliphatic hydroxyl groups excluding tert-OH is 1. The van der Waals surface area contributed by atoms with Gasteiger partial charge in [0.05, 0.1) is 6.10 Å². The molecule has 2 N–H and O–H groups in total. The van der Waals surface area contributed by atoms with Crippen LogP contribution in [0.4, 0.5) is 11.8 Å². The highest BCUT2D eigenvalue weighted by Crippen LogP contribution is 2.28. The maximum Gasteiger partial charge on any atom is 0.270 e. The van der Waals surface area contributed by atoms with Gasteiger partial charge in [-0.05, 0) is 37.2 Å². The summed E-state index contributed by atoms with van der Waals surface area (Å²) in [7, 11) is 1.95. The minimum atomic E-state index is -0.351. The average molecular weight is 396 g/mol. The molecule has 1 saturated carbocycles. The lowest BCUT2D eigenvalue weighted by molar-refractivity contribution is 0.0946. The molecular formula is C22H29N5O2. The minimum Gasteiger partial charge on any atom is -0.391 e. The first-order chi connectivity index (χ1) is 14.1. The van der Waals surface area contributed by atoms with Crippen molar-refractivity contribution < 1.29 is 9.90 Å². The summed E-state index contributed by atoms with van der Waals surface area (Å²) in [6.07, 6.45) is 3.61. The summed E-state index contributed by atoms with van der Waals surface area (Å²) in [4.78, 5) is 25.9. The van der Waals surface area contributed by atoms with Crippen LogP contribution >= 0.6 is 0 Å². The van der Waals surface area contributed by atoms with Crippen molar-refractivity contribution in [3.8, 4) is 0 Å². The Morgan fingerprint density at radius 1 is 1.24 bits per heavy atom. The van der Waals surface area contributed by atoms with Crippen LogP contribution in [-0.4, -0.2) is 60.3 Å². The van der Waals surface area contributed by atoms with Gasteiger partial charge in [0.15, 0.2) is 0 Å². The van der Waals surface area contributed by atoms with Gasteiger partial charge >= 0.3 is 0 Å². The van der Waals surface area contributed by atoms with Crippen molar-refractivity contribution in [2.45, 2.75) is 31.8 Å². The Labute approximate surface area is 171 Å². The Kier molecular flexibility index (Phi) is 5.94. The van der Waals surface area contributed by atoms with Crippen LogP contribution in [0, 0.1) is 5.92 Å². The fraction of sp³-hybridized carbons (Fsp3) is 0.500. The molecular weight excluding hydrogens is 366 g/mol. The van der Waals surface area contributed by atoms with Crippen LogP contribution in [0.25, 0.3) is 0 Å². The number of rotatable bonds is 8. The van der Waals surface area contributed by atoms with Crippen molar-refractivity contribution in [1.29, 1.82) is 0 Å². The van der Waals surface area contributed by atoms with E-state index in [2.05, 4.69) is 22.4 Å². The maximum atomic E-state index is 12.7. The lowest BCUT2D eigenvalue weighted by Crippen LogP contribution is -2.30. The number of nitrogens with zero attached hydrogens (tertiary/aromatic N) is 4. The lowest BCUT2D eigenvalue weighted by Gasteiger charge is -2.22. The van der Waals surface area contributed by atoms with Crippen molar-refractivity contribution in [1.82, 2.24) is 15.3 Å². The van der Waals surface area contributed by atoms with Gasteiger partial charge < -0.3 is 20.2 Å². The minimum absolute atomic E-state index is 0.155. The Hall–Kier alpha value is -2.67. The number of carbonyl (C=O) groups excluding carboxylic acids is 1. The van der Waals surface area contributed by atoms with Gasteiger partial charge in [-0.1, -0.05) is 30.3 Å². The quantitative estimate of drug-likeness (QED) is 0.710. The Bertz CT molecular complexity index is 840.